The molecule has 1 N–H and O–H groups in total. The summed E-state index contributed by atoms with van der Waals surface area (Å²) in [5.41, 5.74) is 1.84. The summed E-state index contributed by atoms with van der Waals surface area (Å²) in [5, 5.41) is 3.17. The lowest BCUT2D eigenvalue weighted by atomic mass is 9.76. The van der Waals surface area contributed by atoms with Crippen molar-refractivity contribution in [1.29, 1.82) is 0 Å². The lowest BCUT2D eigenvalue weighted by molar-refractivity contribution is -0.122. The largest absolute Gasteiger partial charge is 0.497 e. The van der Waals surface area contributed by atoms with E-state index in [0.29, 0.717) is 28.3 Å². The number of hydrogen-bond donors (Lipinski definition) is 1. The van der Waals surface area contributed by atoms with Gasteiger partial charge in [0.15, 0.2) is 0 Å². The van der Waals surface area contributed by atoms with Gasteiger partial charge in [-0.25, -0.2) is 12.7 Å². The Morgan fingerprint density at radius 3 is 2.22 bits per heavy atom. The predicted molar refractivity (Wildman–Crippen MR) is 146 cm³/mol. The Kier molecular flexibility index (Phi) is 8.88. The fourth-order valence-electron chi connectivity index (χ4n) is 6.79. The summed E-state index contributed by atoms with van der Waals surface area (Å²) in [7, 11) is 1.66. The van der Waals surface area contributed by atoms with Gasteiger partial charge in [-0.15, -0.1) is 0 Å². The topological polar surface area (TPSA) is 82.2 Å². The van der Waals surface area contributed by atoms with Crippen LogP contribution in [0.15, 0.2) is 17.0 Å². The number of carbonyl (C=O) groups excluding carboxylic acids is 1. The summed E-state index contributed by atoms with van der Waals surface area (Å²) in [5.74, 6) is 0.565. The van der Waals surface area contributed by atoms with Gasteiger partial charge in [0, 0.05) is 38.6 Å². The minimum atomic E-state index is -3.70. The fourth-order valence-corrected chi connectivity index (χ4v) is 8.36. The normalized spacial score (nSPS) is 25.0. The van der Waals surface area contributed by atoms with E-state index in [2.05, 4.69) is 22.2 Å². The predicted octanol–water partition coefficient (Wildman–Crippen LogP) is 3.17. The fraction of sp³-hybridized carbons (Fsp3) is 0.750. The number of amides is 1. The number of methoxy groups -OCH3 is 1. The molecule has 0 bridgehead atoms. The molecule has 2 aliphatic heterocycles. The highest BCUT2D eigenvalue weighted by Gasteiger charge is 2.41. The second-order valence-corrected chi connectivity index (χ2v) is 13.7. The molecule has 0 radical (unpaired) electrons. The maximum Gasteiger partial charge on any atom is 0.243 e. The highest BCUT2D eigenvalue weighted by Crippen LogP contribution is 2.41. The van der Waals surface area contributed by atoms with Crippen LogP contribution in [-0.2, 0) is 14.8 Å². The first-order chi connectivity index (χ1) is 17.5. The second kappa shape index (κ2) is 11.6. The van der Waals surface area contributed by atoms with Crippen molar-refractivity contribution in [3.63, 3.8) is 0 Å². The van der Waals surface area contributed by atoms with Gasteiger partial charge < -0.3 is 19.9 Å². The molecule has 9 heteroatoms. The highest BCUT2D eigenvalue weighted by molar-refractivity contribution is 7.89. The van der Waals surface area contributed by atoms with E-state index in [4.69, 9.17) is 4.74 Å². The van der Waals surface area contributed by atoms with E-state index in [1.54, 1.807) is 40.1 Å². The molecule has 1 amide bonds. The molecule has 1 spiro atoms. The average Bonchev–Trinajstić information content (AvgIpc) is 3.22. The molecular weight excluding hydrogens is 488 g/mol. The molecule has 2 saturated heterocycles. The summed E-state index contributed by atoms with van der Waals surface area (Å²) in [6.45, 7) is 8.62. The van der Waals surface area contributed by atoms with Crippen molar-refractivity contribution in [1.82, 2.24) is 19.4 Å². The molecule has 1 aromatic carbocycles. The number of benzene rings is 1. The van der Waals surface area contributed by atoms with Crippen LogP contribution in [0.4, 0.5) is 0 Å². The molecule has 4 rings (SSSR count). The summed E-state index contributed by atoms with van der Waals surface area (Å²) in [4.78, 5) is 18.2. The zero-order chi connectivity index (χ0) is 26.8. The number of hydrogen-bond acceptors (Lipinski definition) is 6. The standard InChI is InChI=1S/C28H46N4O4S/c1-21-18-25(36-5)19-22(2)27(21)37(34,35)31(4)14-10-26(33)29-23-6-8-24(9-7-23)32-16-12-28(13-17-32)11-15-30(3)20-28/h18-19,23-24H,6-17,20H2,1-5H3,(H,29,33)/t23-,24-. The van der Waals surface area contributed by atoms with Crippen molar-refractivity contribution >= 4 is 15.9 Å². The van der Waals surface area contributed by atoms with E-state index >= 15 is 0 Å². The molecule has 3 fully saturated rings. The van der Waals surface area contributed by atoms with Gasteiger partial charge in [0.25, 0.3) is 0 Å². The number of ether oxygens (including phenoxy) is 1. The minimum absolute atomic E-state index is 0.0704. The van der Waals surface area contributed by atoms with Crippen molar-refractivity contribution in [3.05, 3.63) is 23.3 Å². The third-order valence-corrected chi connectivity index (χ3v) is 11.2. The highest BCUT2D eigenvalue weighted by atomic mass is 32.2. The van der Waals surface area contributed by atoms with Crippen LogP contribution in [0.3, 0.4) is 0 Å². The molecule has 1 aliphatic carbocycles. The Hall–Kier alpha value is -1.68. The third kappa shape index (κ3) is 6.49. The molecule has 37 heavy (non-hydrogen) atoms. The number of piperidine rings is 1. The molecule has 2 heterocycles. The van der Waals surface area contributed by atoms with Crippen LogP contribution in [0.1, 0.15) is 62.5 Å². The summed E-state index contributed by atoms with van der Waals surface area (Å²) < 4.78 is 33.0. The number of sulfonamides is 1. The quantitative estimate of drug-likeness (QED) is 0.552. The van der Waals surface area contributed by atoms with Crippen LogP contribution in [0.2, 0.25) is 0 Å². The number of nitrogens with zero attached hydrogens (tertiary/aromatic N) is 3. The van der Waals surface area contributed by atoms with E-state index in [1.165, 1.54) is 49.7 Å². The number of nitrogens with one attached hydrogen (secondary N) is 1. The molecule has 8 nitrogen and oxygen atoms in total. The average molecular weight is 535 g/mol. The van der Waals surface area contributed by atoms with Crippen LogP contribution in [0.5, 0.6) is 5.75 Å². The van der Waals surface area contributed by atoms with Crippen molar-refractivity contribution in [2.45, 2.75) is 82.2 Å². The van der Waals surface area contributed by atoms with Crippen LogP contribution in [0.25, 0.3) is 0 Å². The Labute approximate surface area is 223 Å². The zero-order valence-corrected chi connectivity index (χ0v) is 24.2. The van der Waals surface area contributed by atoms with E-state index in [0.717, 1.165) is 25.7 Å². The maximum atomic E-state index is 13.2. The summed E-state index contributed by atoms with van der Waals surface area (Å²) >= 11 is 0. The van der Waals surface area contributed by atoms with Gasteiger partial charge in [0.2, 0.25) is 15.9 Å². The molecule has 0 aromatic heterocycles. The number of likely N-dealkylation sites (tertiary alicyclic amines) is 2. The van der Waals surface area contributed by atoms with Gasteiger partial charge in [-0.3, -0.25) is 4.79 Å². The molecule has 208 valence electrons. The number of aryl methyl sites for hydroxylation is 2. The molecule has 3 aliphatic rings. The van der Waals surface area contributed by atoms with Gasteiger partial charge in [-0.1, -0.05) is 0 Å². The molecule has 0 unspecified atom stereocenters. The van der Waals surface area contributed by atoms with E-state index < -0.39 is 10.0 Å². The van der Waals surface area contributed by atoms with Crippen LogP contribution in [-0.4, -0.2) is 94.4 Å². The van der Waals surface area contributed by atoms with Crippen LogP contribution in [0, 0.1) is 19.3 Å². The maximum absolute atomic E-state index is 13.2. The summed E-state index contributed by atoms with van der Waals surface area (Å²) in [6, 6.07) is 4.28. The van der Waals surface area contributed by atoms with Crippen molar-refractivity contribution in [2.75, 3.05) is 53.9 Å². The molecule has 0 atom stereocenters. The van der Waals surface area contributed by atoms with E-state index in [9.17, 15) is 13.2 Å². The number of carbonyl (C=O) groups is 1. The van der Waals surface area contributed by atoms with Crippen LogP contribution < -0.4 is 10.1 Å². The Bertz CT molecular complexity index is 1040. The zero-order valence-electron chi connectivity index (χ0n) is 23.4. The van der Waals surface area contributed by atoms with E-state index in [1.807, 2.05) is 0 Å². The van der Waals surface area contributed by atoms with E-state index in [-0.39, 0.29) is 29.8 Å². The van der Waals surface area contributed by atoms with Crippen LogP contribution >= 0.6 is 0 Å². The molecule has 1 saturated carbocycles. The first-order valence-electron chi connectivity index (χ1n) is 13.9. The monoisotopic (exact) mass is 534 g/mol. The first kappa shape index (κ1) is 28.3. The minimum Gasteiger partial charge on any atom is -0.497 e. The Balaban J connectivity index is 1.21. The Morgan fingerprint density at radius 1 is 1.08 bits per heavy atom. The SMILES string of the molecule is COc1cc(C)c(S(=O)(=O)N(C)CCC(=O)N[C@H]2CC[C@H](N3CCC4(CCN(C)C4)CC3)CC2)c(C)c1. The smallest absolute Gasteiger partial charge is 0.243 e. The van der Waals surface area contributed by atoms with Gasteiger partial charge >= 0.3 is 0 Å². The Morgan fingerprint density at radius 2 is 1.68 bits per heavy atom. The van der Waals surface area contributed by atoms with Crippen molar-refractivity contribution in [2.24, 2.45) is 5.41 Å². The van der Waals surface area contributed by atoms with Gasteiger partial charge in [0.1, 0.15) is 5.75 Å². The third-order valence-electron chi connectivity index (χ3n) is 9.06. The van der Waals surface area contributed by atoms with Gasteiger partial charge in [-0.05, 0) is 114 Å². The summed E-state index contributed by atoms with van der Waals surface area (Å²) in [6.07, 6.45) is 8.40. The van der Waals surface area contributed by atoms with Crippen molar-refractivity contribution < 1.29 is 17.9 Å². The lowest BCUT2D eigenvalue weighted by Gasteiger charge is -2.44. The first-order valence-corrected chi connectivity index (χ1v) is 15.3. The molecular formula is C28H46N4O4S. The molecule has 1 aromatic rings. The van der Waals surface area contributed by atoms with Crippen molar-refractivity contribution in [3.8, 4) is 5.75 Å². The lowest BCUT2D eigenvalue weighted by Crippen LogP contribution is -2.49. The number of rotatable bonds is 8. The van der Waals surface area contributed by atoms with Gasteiger partial charge in [-0.2, -0.15) is 0 Å². The second-order valence-electron chi connectivity index (χ2n) is 11.8. The van der Waals surface area contributed by atoms with Gasteiger partial charge in [0.05, 0.1) is 12.0 Å².